The number of ketones is 1. The van der Waals surface area contributed by atoms with Crippen LogP contribution in [0.4, 0.5) is 0 Å². The highest BCUT2D eigenvalue weighted by atomic mass is 16.5. The number of hydrogen-bond acceptors (Lipinski definition) is 7. The molecule has 3 atom stereocenters. The number of aromatic nitrogens is 4. The van der Waals surface area contributed by atoms with Crippen molar-refractivity contribution in [1.29, 1.82) is 0 Å². The van der Waals surface area contributed by atoms with Crippen LogP contribution in [-0.2, 0) is 14.9 Å². The van der Waals surface area contributed by atoms with E-state index in [1.165, 1.54) is 12.0 Å². The first-order valence-electron chi connectivity index (χ1n) is 18.1. The van der Waals surface area contributed by atoms with Crippen molar-refractivity contribution in [2.45, 2.75) is 117 Å². The second-order valence-corrected chi connectivity index (χ2v) is 14.3. The number of imide groups is 1. The summed E-state index contributed by atoms with van der Waals surface area (Å²) in [7, 11) is 1.38. The van der Waals surface area contributed by atoms with Crippen LogP contribution >= 0.6 is 0 Å². The number of esters is 1. The number of rotatable bonds is 10. The van der Waals surface area contributed by atoms with Gasteiger partial charge in [-0.1, -0.05) is 47.0 Å². The van der Waals surface area contributed by atoms with Crippen molar-refractivity contribution < 1.29 is 23.9 Å². The van der Waals surface area contributed by atoms with Gasteiger partial charge in [0.15, 0.2) is 5.78 Å². The fourth-order valence-corrected chi connectivity index (χ4v) is 7.93. The van der Waals surface area contributed by atoms with Crippen LogP contribution in [-0.4, -0.2) is 62.1 Å². The Morgan fingerprint density at radius 1 is 0.940 bits per heavy atom. The van der Waals surface area contributed by atoms with Crippen LogP contribution in [0.2, 0.25) is 0 Å². The topological polar surface area (TPSA) is 138 Å². The van der Waals surface area contributed by atoms with Gasteiger partial charge in [-0.15, -0.1) is 0 Å². The van der Waals surface area contributed by atoms with Crippen LogP contribution in [0.25, 0.3) is 22.2 Å². The number of ether oxygens (including phenoxy) is 1. The smallest absolute Gasteiger partial charge is 0.305 e. The second kappa shape index (κ2) is 13.6. The minimum absolute atomic E-state index is 0.0674. The fourth-order valence-electron chi connectivity index (χ4n) is 7.93. The summed E-state index contributed by atoms with van der Waals surface area (Å²) in [6.07, 6.45) is 5.56. The van der Waals surface area contributed by atoms with Crippen molar-refractivity contribution in [1.82, 2.24) is 24.8 Å². The van der Waals surface area contributed by atoms with E-state index in [1.54, 1.807) is 0 Å². The van der Waals surface area contributed by atoms with Gasteiger partial charge in [0.25, 0.3) is 11.8 Å². The van der Waals surface area contributed by atoms with E-state index in [4.69, 9.17) is 14.7 Å². The summed E-state index contributed by atoms with van der Waals surface area (Å²) in [5.74, 6) is -1.42. The number of unbranched alkanes of at least 4 members (excludes halogenated alkanes) is 3. The molecule has 0 saturated carbocycles. The lowest BCUT2D eigenvalue weighted by atomic mass is 9.80. The number of carbonyl (C=O) groups excluding carboxylic acids is 4. The van der Waals surface area contributed by atoms with Gasteiger partial charge in [-0.3, -0.25) is 24.1 Å². The lowest BCUT2D eigenvalue weighted by Gasteiger charge is -2.27. The third kappa shape index (κ3) is 5.66. The Labute approximate surface area is 293 Å². The lowest BCUT2D eigenvalue weighted by molar-refractivity contribution is -0.140. The molecule has 1 unspecified atom stereocenters. The molecule has 2 amide bonds. The molecule has 2 N–H and O–H groups in total. The van der Waals surface area contributed by atoms with Crippen LogP contribution in [0.1, 0.15) is 170 Å². The number of amides is 2. The van der Waals surface area contributed by atoms with E-state index < -0.39 is 5.41 Å². The molecule has 0 aliphatic carbocycles. The van der Waals surface area contributed by atoms with Crippen molar-refractivity contribution >= 4 is 45.7 Å². The Kier molecular flexibility index (Phi) is 9.59. The molecule has 6 rings (SSSR count). The van der Waals surface area contributed by atoms with E-state index in [-0.39, 0.29) is 41.8 Å². The molecule has 0 fully saturated rings. The highest BCUT2D eigenvalue weighted by Gasteiger charge is 2.43. The minimum Gasteiger partial charge on any atom is -0.469 e. The first-order valence-corrected chi connectivity index (χ1v) is 18.1. The maximum absolute atomic E-state index is 14.6. The molecule has 6 heterocycles. The highest BCUT2D eigenvalue weighted by molar-refractivity contribution is 6.23. The molecule has 0 saturated heterocycles. The van der Waals surface area contributed by atoms with Crippen LogP contribution in [0, 0.1) is 6.92 Å². The maximum atomic E-state index is 14.6. The molecule has 0 aromatic carbocycles. The average Bonchev–Trinajstić information content (AvgIpc) is 3.76. The zero-order valence-corrected chi connectivity index (χ0v) is 30.6. The van der Waals surface area contributed by atoms with Crippen molar-refractivity contribution in [2.75, 3.05) is 13.7 Å². The van der Waals surface area contributed by atoms with Gasteiger partial charge in [-0.25, -0.2) is 9.97 Å². The number of aromatic amines is 2. The molecule has 0 spiro atoms. The van der Waals surface area contributed by atoms with Crippen LogP contribution in [0.15, 0.2) is 18.2 Å². The fraction of sp³-hybridized carbons (Fsp3) is 0.500. The number of nitrogens with zero attached hydrogens (tertiary/aromatic N) is 3. The van der Waals surface area contributed by atoms with Gasteiger partial charge in [-0.05, 0) is 81.4 Å². The van der Waals surface area contributed by atoms with Crippen LogP contribution < -0.4 is 0 Å². The quantitative estimate of drug-likeness (QED) is 0.146. The summed E-state index contributed by atoms with van der Waals surface area (Å²) in [5, 5.41) is 0. The maximum Gasteiger partial charge on any atom is 0.305 e. The predicted molar refractivity (Wildman–Crippen MR) is 194 cm³/mol. The SMILES string of the molecule is CCCCCCN1C(=O)c2c3[nH]c(cc4nc(cc5nc(cc6[nH]c2c(c6C)C1=O)C(C)(CC)C5=O)C(CC)=C4C)[C@@H](C)[C@@H]3CCC(=O)OC. The first-order chi connectivity index (χ1) is 23.9. The number of Topliss-reactive ketones (excluding diaryl/α,β-unsaturated/α-hetero) is 1. The summed E-state index contributed by atoms with van der Waals surface area (Å²) in [6, 6.07) is 5.71. The summed E-state index contributed by atoms with van der Waals surface area (Å²) < 4.78 is 5.02. The predicted octanol–water partition coefficient (Wildman–Crippen LogP) is 8.25. The molecule has 8 bridgehead atoms. The third-order valence-corrected chi connectivity index (χ3v) is 11.4. The Morgan fingerprint density at radius 2 is 1.68 bits per heavy atom. The molecule has 10 nitrogen and oxygen atoms in total. The van der Waals surface area contributed by atoms with Gasteiger partial charge >= 0.3 is 5.97 Å². The Balaban J connectivity index is 1.74. The number of aryl methyl sites for hydroxylation is 1. The molecule has 4 aliphatic heterocycles. The third-order valence-electron chi connectivity index (χ3n) is 11.4. The normalized spacial score (nSPS) is 20.9. The standard InChI is InChI=1S/C40H49N5O5/c1-9-12-13-14-17-45-38(48)33-23(6)28-20-31-40(7,11-3)37(47)30(42-31)19-29-24(10-2)21(4)26(41-29)18-27-22(5)25(15-16-32(46)50-8)35(43-27)34(39(45)49)36(33)44-28/h18-20,22,25,43-44H,9-17H2,1-8H3/t22-,25-,40?/m0/s1. The zero-order chi connectivity index (χ0) is 36.1. The molecular weight excluding hydrogens is 630 g/mol. The van der Waals surface area contributed by atoms with Crippen LogP contribution in [0.3, 0.4) is 0 Å². The zero-order valence-electron chi connectivity index (χ0n) is 30.6. The van der Waals surface area contributed by atoms with Crippen molar-refractivity contribution in [2.24, 2.45) is 0 Å². The van der Waals surface area contributed by atoms with E-state index in [2.05, 4.69) is 30.7 Å². The number of fused-ring (bicyclic) bond motifs is 8. The van der Waals surface area contributed by atoms with E-state index in [0.717, 1.165) is 53.9 Å². The summed E-state index contributed by atoms with van der Waals surface area (Å²) in [6.45, 7) is 14.4. The van der Waals surface area contributed by atoms with Gasteiger partial charge < -0.3 is 14.7 Å². The Hall–Kier alpha value is -4.60. The summed E-state index contributed by atoms with van der Waals surface area (Å²) in [4.78, 5) is 73.8. The van der Waals surface area contributed by atoms with E-state index >= 15 is 0 Å². The molecule has 0 radical (unpaired) electrons. The number of methoxy groups -OCH3 is 1. The van der Waals surface area contributed by atoms with E-state index in [9.17, 15) is 19.2 Å². The van der Waals surface area contributed by atoms with Gasteiger partial charge in [0.2, 0.25) is 0 Å². The van der Waals surface area contributed by atoms with Gasteiger partial charge in [-0.2, -0.15) is 0 Å². The van der Waals surface area contributed by atoms with Gasteiger partial charge in [0.1, 0.15) is 5.69 Å². The average molecular weight is 680 g/mol. The molecule has 4 aliphatic rings. The van der Waals surface area contributed by atoms with Gasteiger partial charge in [0, 0.05) is 41.7 Å². The highest BCUT2D eigenvalue weighted by Crippen LogP contribution is 2.45. The minimum atomic E-state index is -0.877. The number of carbonyl (C=O) groups is 4. The lowest BCUT2D eigenvalue weighted by Crippen LogP contribution is -2.41. The largest absolute Gasteiger partial charge is 0.469 e. The van der Waals surface area contributed by atoms with Gasteiger partial charge in [0.05, 0.1) is 46.3 Å². The molecule has 10 heteroatoms. The molecule has 2 aromatic rings. The van der Waals surface area contributed by atoms with Crippen LogP contribution in [0.5, 0.6) is 0 Å². The molecular formula is C40H49N5O5. The summed E-state index contributed by atoms with van der Waals surface area (Å²) >= 11 is 0. The number of allylic oxidation sites excluding steroid dienone is 2. The first kappa shape index (κ1) is 35.2. The Morgan fingerprint density at radius 3 is 2.36 bits per heavy atom. The van der Waals surface area contributed by atoms with E-state index in [1.807, 2.05) is 45.9 Å². The monoisotopic (exact) mass is 679 g/mol. The molecule has 2 aromatic heterocycles. The molecule has 50 heavy (non-hydrogen) atoms. The van der Waals surface area contributed by atoms with E-state index in [0.29, 0.717) is 70.6 Å². The van der Waals surface area contributed by atoms with Crippen molar-refractivity contribution in [3.63, 3.8) is 0 Å². The number of hydrogen-bond donors (Lipinski definition) is 2. The molecule has 264 valence electrons. The number of H-pyrrole nitrogens is 2. The van der Waals surface area contributed by atoms with Crippen molar-refractivity contribution in [3.05, 3.63) is 69.1 Å². The second-order valence-electron chi connectivity index (χ2n) is 14.3. The Bertz CT molecular complexity index is 2020. The summed E-state index contributed by atoms with van der Waals surface area (Å²) in [5.41, 5.74) is 7.81. The number of nitrogens with one attached hydrogen (secondary N) is 2. The van der Waals surface area contributed by atoms with Crippen molar-refractivity contribution in [3.8, 4) is 0 Å².